The predicted octanol–water partition coefficient (Wildman–Crippen LogP) is 4.65. The first-order valence-corrected chi connectivity index (χ1v) is 11.2. The van der Waals surface area contributed by atoms with Crippen LogP contribution < -0.4 is 0 Å². The Morgan fingerprint density at radius 3 is 1.27 bits per heavy atom. The molecular weight excluding hydrogens is 360 g/mol. The number of rotatable bonds is 16. The molecule has 0 saturated carbocycles. The van der Waals surface area contributed by atoms with Gasteiger partial charge in [-0.1, -0.05) is 96.8 Å². The van der Waals surface area contributed by atoms with Crippen molar-refractivity contribution in [3.63, 3.8) is 0 Å². The topological polar surface area (TPSA) is 132 Å². The van der Waals surface area contributed by atoms with Gasteiger partial charge in [-0.25, -0.2) is 4.79 Å². The van der Waals surface area contributed by atoms with Gasteiger partial charge in [0.1, 0.15) is 0 Å². The van der Waals surface area contributed by atoms with E-state index in [0.29, 0.717) is 6.42 Å². The third-order valence-electron chi connectivity index (χ3n) is 4.12. The summed E-state index contributed by atoms with van der Waals surface area (Å²) in [5.74, 6) is -1.09. The smallest absolute Gasteiger partial charge is 0.394 e. The van der Waals surface area contributed by atoms with Gasteiger partial charge in [-0.3, -0.25) is 9.11 Å². The largest absolute Gasteiger partial charge is 0.479 e. The molecular formula is C18H38O7S. The fourth-order valence-corrected chi connectivity index (χ4v) is 2.66. The van der Waals surface area contributed by atoms with Crippen molar-refractivity contribution >= 4 is 16.4 Å². The van der Waals surface area contributed by atoms with Crippen molar-refractivity contribution in [3.8, 4) is 0 Å². The van der Waals surface area contributed by atoms with Crippen LogP contribution in [0.15, 0.2) is 0 Å². The zero-order valence-corrected chi connectivity index (χ0v) is 16.9. The van der Waals surface area contributed by atoms with Gasteiger partial charge in [-0.05, 0) is 6.42 Å². The third kappa shape index (κ3) is 31.1. The molecule has 0 amide bonds. The van der Waals surface area contributed by atoms with Crippen LogP contribution in [-0.4, -0.2) is 39.8 Å². The fraction of sp³-hybridized carbons (Fsp3) is 0.944. The lowest BCUT2D eigenvalue weighted by molar-refractivity contribution is -0.146. The molecule has 1 atom stereocenters. The minimum atomic E-state index is -4.67. The number of carbonyl (C=O) groups is 1. The monoisotopic (exact) mass is 398 g/mol. The van der Waals surface area contributed by atoms with Crippen molar-refractivity contribution < 1.29 is 32.5 Å². The molecule has 0 aromatic heterocycles. The standard InChI is InChI=1S/C18H36O3.H2O4S/c1-2-3-4-5-6-7-8-9-10-11-12-13-14-15-16-17(19)18(20)21;1-5(2,3)4/h17,19H,2-16H2,1H3,(H,20,21);(H2,1,2,3,4). The summed E-state index contributed by atoms with van der Waals surface area (Å²) in [5, 5.41) is 17.7. The number of carboxylic acids is 1. The molecule has 0 aromatic rings. The van der Waals surface area contributed by atoms with E-state index < -0.39 is 22.5 Å². The predicted molar refractivity (Wildman–Crippen MR) is 103 cm³/mol. The summed E-state index contributed by atoms with van der Waals surface area (Å²) in [6.45, 7) is 2.26. The lowest BCUT2D eigenvalue weighted by atomic mass is 10.0. The minimum absolute atomic E-state index is 0.396. The second kappa shape index (κ2) is 19.1. The van der Waals surface area contributed by atoms with E-state index in [2.05, 4.69) is 6.92 Å². The number of aliphatic carboxylic acids is 1. The van der Waals surface area contributed by atoms with Crippen molar-refractivity contribution in [1.82, 2.24) is 0 Å². The molecule has 0 aliphatic heterocycles. The highest BCUT2D eigenvalue weighted by Crippen LogP contribution is 2.13. The molecule has 8 heteroatoms. The SMILES string of the molecule is CCCCCCCCCCCCCCCCC(O)C(=O)O.O=S(=O)(O)O. The number of hydrogen-bond donors (Lipinski definition) is 4. The molecule has 0 saturated heterocycles. The van der Waals surface area contributed by atoms with Gasteiger partial charge >= 0.3 is 16.4 Å². The van der Waals surface area contributed by atoms with Gasteiger partial charge in [0.25, 0.3) is 0 Å². The van der Waals surface area contributed by atoms with Gasteiger partial charge in [0, 0.05) is 0 Å². The Bertz CT molecular complexity index is 402. The van der Waals surface area contributed by atoms with E-state index in [-0.39, 0.29) is 0 Å². The first-order chi connectivity index (χ1) is 12.2. The van der Waals surface area contributed by atoms with Gasteiger partial charge in [0.2, 0.25) is 0 Å². The Morgan fingerprint density at radius 2 is 1.00 bits per heavy atom. The first-order valence-electron chi connectivity index (χ1n) is 9.79. The summed E-state index contributed by atoms with van der Waals surface area (Å²) in [4.78, 5) is 10.4. The van der Waals surface area contributed by atoms with Gasteiger partial charge < -0.3 is 10.2 Å². The van der Waals surface area contributed by atoms with Gasteiger partial charge in [0.15, 0.2) is 6.10 Å². The first kappa shape index (κ1) is 27.5. The number of hydrogen-bond acceptors (Lipinski definition) is 4. The third-order valence-corrected chi connectivity index (χ3v) is 4.12. The molecule has 0 bridgehead atoms. The molecule has 158 valence electrons. The summed E-state index contributed by atoms with van der Waals surface area (Å²) in [6.07, 6.45) is 17.3. The Morgan fingerprint density at radius 1 is 0.731 bits per heavy atom. The number of unbranched alkanes of at least 4 members (excludes halogenated alkanes) is 13. The quantitative estimate of drug-likeness (QED) is 0.220. The van der Waals surface area contributed by atoms with Gasteiger partial charge in [-0.2, -0.15) is 8.42 Å². The van der Waals surface area contributed by atoms with Crippen molar-refractivity contribution in [3.05, 3.63) is 0 Å². The summed E-state index contributed by atoms with van der Waals surface area (Å²) < 4.78 is 31.6. The van der Waals surface area contributed by atoms with Crippen LogP contribution in [0.4, 0.5) is 0 Å². The maximum Gasteiger partial charge on any atom is 0.394 e. The number of aliphatic hydroxyl groups excluding tert-OH is 1. The van der Waals surface area contributed by atoms with E-state index in [1.165, 1.54) is 77.0 Å². The second-order valence-electron chi connectivity index (χ2n) is 6.69. The van der Waals surface area contributed by atoms with Crippen LogP contribution in [0.1, 0.15) is 103 Å². The lowest BCUT2D eigenvalue weighted by Gasteiger charge is -2.05. The molecule has 1 unspecified atom stereocenters. The summed E-state index contributed by atoms with van der Waals surface area (Å²) in [7, 11) is -4.67. The zero-order valence-electron chi connectivity index (χ0n) is 16.1. The van der Waals surface area contributed by atoms with E-state index in [9.17, 15) is 4.79 Å². The van der Waals surface area contributed by atoms with Crippen LogP contribution >= 0.6 is 0 Å². The maximum atomic E-state index is 10.4. The van der Waals surface area contributed by atoms with Crippen LogP contribution in [-0.2, 0) is 15.2 Å². The van der Waals surface area contributed by atoms with Crippen molar-refractivity contribution in [2.75, 3.05) is 0 Å². The van der Waals surface area contributed by atoms with Crippen molar-refractivity contribution in [2.45, 2.75) is 109 Å². The molecule has 0 aliphatic rings. The average Bonchev–Trinajstić information content (AvgIpc) is 2.53. The van der Waals surface area contributed by atoms with E-state index in [4.69, 9.17) is 27.7 Å². The van der Waals surface area contributed by atoms with Gasteiger partial charge in [0.05, 0.1) is 0 Å². The fourth-order valence-electron chi connectivity index (χ4n) is 2.66. The molecule has 0 fully saturated rings. The van der Waals surface area contributed by atoms with E-state index in [0.717, 1.165) is 12.8 Å². The van der Waals surface area contributed by atoms with Crippen LogP contribution in [0, 0.1) is 0 Å². The summed E-state index contributed by atoms with van der Waals surface area (Å²) in [5.41, 5.74) is 0. The number of aliphatic hydroxyl groups is 1. The maximum absolute atomic E-state index is 10.4. The molecule has 0 spiro atoms. The van der Waals surface area contributed by atoms with Crippen LogP contribution in [0.25, 0.3) is 0 Å². The van der Waals surface area contributed by atoms with Crippen LogP contribution in [0.5, 0.6) is 0 Å². The molecule has 4 N–H and O–H groups in total. The Kier molecular flexibility index (Phi) is 20.2. The highest BCUT2D eigenvalue weighted by Gasteiger charge is 2.11. The lowest BCUT2D eigenvalue weighted by Crippen LogP contribution is -2.18. The van der Waals surface area contributed by atoms with Crippen LogP contribution in [0.2, 0.25) is 0 Å². The van der Waals surface area contributed by atoms with Crippen molar-refractivity contribution in [2.24, 2.45) is 0 Å². The molecule has 0 rings (SSSR count). The van der Waals surface area contributed by atoms with Gasteiger partial charge in [-0.15, -0.1) is 0 Å². The zero-order chi connectivity index (χ0) is 20.3. The normalized spacial score (nSPS) is 12.3. The molecule has 26 heavy (non-hydrogen) atoms. The Labute approximate surface area is 158 Å². The second-order valence-corrected chi connectivity index (χ2v) is 7.58. The Hall–Kier alpha value is -0.700. The molecule has 0 aromatic carbocycles. The molecule has 0 heterocycles. The van der Waals surface area contributed by atoms with Crippen LogP contribution in [0.3, 0.4) is 0 Å². The van der Waals surface area contributed by atoms with Crippen molar-refractivity contribution in [1.29, 1.82) is 0 Å². The molecule has 7 nitrogen and oxygen atoms in total. The highest BCUT2D eigenvalue weighted by atomic mass is 32.3. The highest BCUT2D eigenvalue weighted by molar-refractivity contribution is 7.79. The number of carboxylic acid groups (broad SMARTS) is 1. The Balaban J connectivity index is 0. The molecule has 0 radical (unpaired) electrons. The molecule has 0 aliphatic carbocycles. The van der Waals surface area contributed by atoms with E-state index in [1.54, 1.807) is 0 Å². The average molecular weight is 399 g/mol. The summed E-state index contributed by atoms with van der Waals surface area (Å²) >= 11 is 0. The minimum Gasteiger partial charge on any atom is -0.479 e. The van der Waals surface area contributed by atoms with E-state index in [1.807, 2.05) is 0 Å². The van der Waals surface area contributed by atoms with E-state index >= 15 is 0 Å². The summed E-state index contributed by atoms with van der Waals surface area (Å²) in [6, 6.07) is 0.